The van der Waals surface area contributed by atoms with Gasteiger partial charge in [0.1, 0.15) is 0 Å². The van der Waals surface area contributed by atoms with Gasteiger partial charge in [-0.25, -0.2) is 0 Å². The van der Waals surface area contributed by atoms with Crippen molar-refractivity contribution in [2.75, 3.05) is 14.2 Å². The van der Waals surface area contributed by atoms with Crippen molar-refractivity contribution >= 4 is 0 Å². The molecule has 0 aromatic heterocycles. The first-order valence-corrected chi connectivity index (χ1v) is 6.12. The van der Waals surface area contributed by atoms with Crippen molar-refractivity contribution in [1.82, 2.24) is 0 Å². The lowest BCUT2D eigenvalue weighted by atomic mass is 9.95. The molecule has 0 radical (unpaired) electrons. The molecular weight excluding hydrogens is 232 g/mol. The number of hydrogen-bond acceptors (Lipinski definition) is 4. The van der Waals surface area contributed by atoms with Gasteiger partial charge in [-0.15, -0.1) is 0 Å². The monoisotopic (exact) mass is 256 g/mol. The average molecular weight is 256 g/mol. The van der Waals surface area contributed by atoms with Crippen LogP contribution in [0.5, 0.6) is 23.0 Å². The number of phenolic OH excluding ortho intramolecular Hbond substituents is 2. The zero-order valence-electron chi connectivity index (χ0n) is 12.3. The molecule has 0 atom stereocenters. The molecule has 104 valence electrons. The van der Waals surface area contributed by atoms with Crippen molar-refractivity contribution in [3.05, 3.63) is 11.1 Å². The maximum atomic E-state index is 10.1. The Bertz CT molecular complexity index is 398. The van der Waals surface area contributed by atoms with Crippen LogP contribution in [0.4, 0.5) is 0 Å². The van der Waals surface area contributed by atoms with Gasteiger partial charge in [-0.3, -0.25) is 0 Å². The molecule has 4 nitrogen and oxygen atoms in total. The van der Waals surface area contributed by atoms with Crippen LogP contribution in [0.15, 0.2) is 0 Å². The Morgan fingerprint density at radius 2 is 1.28 bits per heavy atom. The van der Waals surface area contributed by atoms with E-state index in [1.807, 2.05) is 27.7 Å². The number of methoxy groups -OCH3 is 2. The minimum Gasteiger partial charge on any atom is -0.504 e. The van der Waals surface area contributed by atoms with E-state index in [2.05, 4.69) is 0 Å². The summed E-state index contributed by atoms with van der Waals surface area (Å²) in [5.41, 5.74) is 1.29. The Balaban J connectivity index is 0.00000137. The summed E-state index contributed by atoms with van der Waals surface area (Å²) in [6, 6.07) is 0. The van der Waals surface area contributed by atoms with E-state index >= 15 is 0 Å². The Morgan fingerprint density at radius 1 is 0.889 bits per heavy atom. The molecule has 1 rings (SSSR count). The fourth-order valence-corrected chi connectivity index (χ4v) is 1.90. The third-order valence-electron chi connectivity index (χ3n) is 2.64. The second-order valence-corrected chi connectivity index (χ2v) is 3.96. The van der Waals surface area contributed by atoms with Crippen molar-refractivity contribution in [2.45, 2.75) is 40.5 Å². The van der Waals surface area contributed by atoms with Gasteiger partial charge in [0, 0.05) is 11.1 Å². The maximum Gasteiger partial charge on any atom is 0.207 e. The summed E-state index contributed by atoms with van der Waals surface area (Å²) in [5, 5.41) is 20.0. The molecule has 0 spiro atoms. The second-order valence-electron chi connectivity index (χ2n) is 3.96. The highest BCUT2D eigenvalue weighted by Crippen LogP contribution is 2.50. The highest BCUT2D eigenvalue weighted by molar-refractivity contribution is 5.66. The third kappa shape index (κ3) is 2.81. The van der Waals surface area contributed by atoms with E-state index in [0.29, 0.717) is 11.1 Å². The molecule has 0 aliphatic heterocycles. The van der Waals surface area contributed by atoms with Crippen LogP contribution in [0.2, 0.25) is 0 Å². The zero-order valence-corrected chi connectivity index (χ0v) is 12.3. The first-order chi connectivity index (χ1) is 8.45. The molecule has 0 unspecified atom stereocenters. The zero-order chi connectivity index (χ0) is 14.5. The summed E-state index contributed by atoms with van der Waals surface area (Å²) in [7, 11) is 2.85. The van der Waals surface area contributed by atoms with E-state index in [1.165, 1.54) is 14.2 Å². The van der Waals surface area contributed by atoms with E-state index in [0.717, 1.165) is 0 Å². The van der Waals surface area contributed by atoms with Gasteiger partial charge in [0.25, 0.3) is 0 Å². The van der Waals surface area contributed by atoms with Crippen LogP contribution < -0.4 is 9.47 Å². The predicted octanol–water partition coefficient (Wildman–Crippen LogP) is 3.57. The molecule has 0 aliphatic carbocycles. The molecule has 18 heavy (non-hydrogen) atoms. The quantitative estimate of drug-likeness (QED) is 0.812. The van der Waals surface area contributed by atoms with Crippen LogP contribution in [0.3, 0.4) is 0 Å². The Labute approximate surface area is 109 Å². The fourth-order valence-electron chi connectivity index (χ4n) is 1.90. The van der Waals surface area contributed by atoms with Crippen LogP contribution in [0, 0.1) is 6.92 Å². The highest BCUT2D eigenvalue weighted by Gasteiger charge is 2.24. The molecule has 0 bridgehead atoms. The maximum absolute atomic E-state index is 10.1. The standard InChI is InChI=1S/C12H18O4.C2H6/c1-6(2)8-7(3)9(13)11(15-4)12(16-5)10(8)14;1-2/h6,13-14H,1-5H3;1-2H3. The lowest BCUT2D eigenvalue weighted by Gasteiger charge is -2.19. The van der Waals surface area contributed by atoms with E-state index in [1.54, 1.807) is 6.92 Å². The van der Waals surface area contributed by atoms with Gasteiger partial charge in [-0.2, -0.15) is 0 Å². The van der Waals surface area contributed by atoms with Gasteiger partial charge in [0.2, 0.25) is 11.5 Å². The number of ether oxygens (including phenoxy) is 2. The second kappa shape index (κ2) is 6.99. The third-order valence-corrected chi connectivity index (χ3v) is 2.64. The molecule has 0 fully saturated rings. The van der Waals surface area contributed by atoms with Gasteiger partial charge in [0.05, 0.1) is 14.2 Å². The summed E-state index contributed by atoms with van der Waals surface area (Å²) in [4.78, 5) is 0. The molecule has 2 N–H and O–H groups in total. The summed E-state index contributed by atoms with van der Waals surface area (Å²) in [6.45, 7) is 9.62. The predicted molar refractivity (Wildman–Crippen MR) is 73.0 cm³/mol. The summed E-state index contributed by atoms with van der Waals surface area (Å²) < 4.78 is 10.1. The van der Waals surface area contributed by atoms with Crippen LogP contribution in [-0.4, -0.2) is 24.4 Å². The lowest BCUT2D eigenvalue weighted by Crippen LogP contribution is -1.99. The smallest absolute Gasteiger partial charge is 0.207 e. The van der Waals surface area contributed by atoms with Crippen LogP contribution >= 0.6 is 0 Å². The molecule has 0 amide bonds. The molecule has 4 heteroatoms. The number of phenols is 2. The van der Waals surface area contributed by atoms with Gasteiger partial charge >= 0.3 is 0 Å². The van der Waals surface area contributed by atoms with Crippen LogP contribution in [0.1, 0.15) is 44.7 Å². The average Bonchev–Trinajstić information content (AvgIpc) is 2.35. The van der Waals surface area contributed by atoms with Crippen molar-refractivity contribution in [2.24, 2.45) is 0 Å². The van der Waals surface area contributed by atoms with Crippen LogP contribution in [0.25, 0.3) is 0 Å². The normalized spacial score (nSPS) is 9.78. The molecular formula is C14H24O4. The Kier molecular flexibility index (Phi) is 6.37. The largest absolute Gasteiger partial charge is 0.504 e. The van der Waals surface area contributed by atoms with Crippen LogP contribution in [-0.2, 0) is 0 Å². The summed E-state index contributed by atoms with van der Waals surface area (Å²) in [6.07, 6.45) is 0. The van der Waals surface area contributed by atoms with Gasteiger partial charge in [0.15, 0.2) is 11.5 Å². The van der Waals surface area contributed by atoms with Crippen molar-refractivity contribution in [3.63, 3.8) is 0 Å². The molecule has 1 aromatic rings. The Hall–Kier alpha value is -1.58. The minimum absolute atomic E-state index is 0.0147. The number of rotatable bonds is 3. The summed E-state index contributed by atoms with van der Waals surface area (Å²) >= 11 is 0. The van der Waals surface area contributed by atoms with Gasteiger partial charge < -0.3 is 19.7 Å². The van der Waals surface area contributed by atoms with Crippen molar-refractivity contribution in [1.29, 1.82) is 0 Å². The van der Waals surface area contributed by atoms with Crippen molar-refractivity contribution < 1.29 is 19.7 Å². The molecule has 0 heterocycles. The van der Waals surface area contributed by atoms with E-state index in [9.17, 15) is 10.2 Å². The van der Waals surface area contributed by atoms with E-state index < -0.39 is 0 Å². The van der Waals surface area contributed by atoms with Crippen molar-refractivity contribution in [3.8, 4) is 23.0 Å². The lowest BCUT2D eigenvalue weighted by molar-refractivity contribution is 0.313. The highest BCUT2D eigenvalue weighted by atomic mass is 16.5. The fraction of sp³-hybridized carbons (Fsp3) is 0.571. The number of aromatic hydroxyl groups is 2. The Morgan fingerprint density at radius 3 is 1.61 bits per heavy atom. The molecule has 0 saturated heterocycles. The van der Waals surface area contributed by atoms with E-state index in [4.69, 9.17) is 9.47 Å². The van der Waals surface area contributed by atoms with Gasteiger partial charge in [-0.1, -0.05) is 27.7 Å². The molecule has 1 aromatic carbocycles. The topological polar surface area (TPSA) is 58.9 Å². The van der Waals surface area contributed by atoms with E-state index in [-0.39, 0.29) is 28.9 Å². The first-order valence-electron chi connectivity index (χ1n) is 6.12. The first kappa shape index (κ1) is 16.4. The molecule has 0 saturated carbocycles. The van der Waals surface area contributed by atoms with Gasteiger partial charge in [-0.05, 0) is 12.8 Å². The number of benzene rings is 1. The minimum atomic E-state index is 0.0147. The summed E-state index contributed by atoms with van der Waals surface area (Å²) in [5.74, 6) is 0.479. The number of hydrogen-bond donors (Lipinski definition) is 2. The SMILES string of the molecule is CC.COc1c(O)c(C)c(C(C)C)c(O)c1OC. The molecule has 0 aliphatic rings.